The zero-order valence-electron chi connectivity index (χ0n) is 8.61. The second-order valence-corrected chi connectivity index (χ2v) is 4.21. The lowest BCUT2D eigenvalue weighted by molar-refractivity contribution is 0.0703. The van der Waals surface area contributed by atoms with Crippen molar-refractivity contribution in [3.8, 4) is 11.3 Å². The summed E-state index contributed by atoms with van der Waals surface area (Å²) in [5.74, 6) is -1.64. The molecular weight excluding hydrogens is 252 g/mol. The van der Waals surface area contributed by atoms with E-state index in [1.807, 2.05) is 0 Å². The van der Waals surface area contributed by atoms with Crippen LogP contribution in [0.15, 0.2) is 16.0 Å². The molecule has 0 radical (unpaired) electrons. The van der Waals surface area contributed by atoms with Crippen LogP contribution < -0.4 is 0 Å². The molecule has 0 unspecified atom stereocenters. The van der Waals surface area contributed by atoms with Crippen LogP contribution in [-0.2, 0) is 0 Å². The second-order valence-electron chi connectivity index (χ2n) is 3.29. The van der Waals surface area contributed by atoms with Crippen LogP contribution in [0.2, 0.25) is 0 Å². The standard InChI is InChI=1S/C10H7F2NO3S/c1-4-6(13-16-7(4)9(11)12)5-2-3-17-8(5)10(14)15/h2-3,9H,1H3,(H,14,15). The molecule has 0 atom stereocenters. The molecule has 0 fully saturated rings. The average Bonchev–Trinajstić information content (AvgIpc) is 2.82. The molecule has 90 valence electrons. The molecule has 0 saturated heterocycles. The fraction of sp³-hybridized carbons (Fsp3) is 0.200. The molecule has 0 aliphatic carbocycles. The summed E-state index contributed by atoms with van der Waals surface area (Å²) in [5.41, 5.74) is 0.621. The number of hydrogen-bond acceptors (Lipinski definition) is 4. The maximum atomic E-state index is 12.5. The quantitative estimate of drug-likeness (QED) is 0.918. The maximum Gasteiger partial charge on any atom is 0.346 e. The first kappa shape index (κ1) is 11.7. The van der Waals surface area contributed by atoms with E-state index in [0.717, 1.165) is 11.3 Å². The van der Waals surface area contributed by atoms with Gasteiger partial charge in [0, 0.05) is 11.1 Å². The Labute approximate surface area is 98.5 Å². The molecule has 17 heavy (non-hydrogen) atoms. The SMILES string of the molecule is Cc1c(-c2ccsc2C(=O)O)noc1C(F)F. The van der Waals surface area contributed by atoms with Crippen LogP contribution in [0.4, 0.5) is 8.78 Å². The Kier molecular flexibility index (Phi) is 2.93. The second kappa shape index (κ2) is 4.25. The number of carboxylic acid groups (broad SMARTS) is 1. The number of thiophene rings is 1. The van der Waals surface area contributed by atoms with Crippen molar-refractivity contribution >= 4 is 17.3 Å². The van der Waals surface area contributed by atoms with Crippen LogP contribution in [-0.4, -0.2) is 16.2 Å². The predicted octanol–water partition coefficient (Wildman–Crippen LogP) is 3.35. The average molecular weight is 259 g/mol. The van der Waals surface area contributed by atoms with Crippen LogP contribution in [0.5, 0.6) is 0 Å². The molecule has 2 heterocycles. The van der Waals surface area contributed by atoms with E-state index < -0.39 is 18.2 Å². The third-order valence-corrected chi connectivity index (χ3v) is 3.18. The van der Waals surface area contributed by atoms with Gasteiger partial charge >= 0.3 is 5.97 Å². The molecule has 0 saturated carbocycles. The number of rotatable bonds is 3. The van der Waals surface area contributed by atoms with Crippen LogP contribution in [0.1, 0.15) is 27.4 Å². The fourth-order valence-electron chi connectivity index (χ4n) is 1.46. The van der Waals surface area contributed by atoms with E-state index in [-0.39, 0.29) is 16.1 Å². The number of aromatic nitrogens is 1. The molecule has 0 bridgehead atoms. The number of carboxylic acids is 1. The van der Waals surface area contributed by atoms with Crippen molar-refractivity contribution < 1.29 is 23.2 Å². The van der Waals surface area contributed by atoms with E-state index in [4.69, 9.17) is 5.11 Å². The summed E-state index contributed by atoms with van der Waals surface area (Å²) >= 11 is 1.01. The Balaban J connectivity index is 2.54. The van der Waals surface area contributed by atoms with Crippen LogP contribution in [0.3, 0.4) is 0 Å². The minimum atomic E-state index is -2.76. The third-order valence-electron chi connectivity index (χ3n) is 2.27. The first-order valence-corrected chi connectivity index (χ1v) is 5.45. The van der Waals surface area contributed by atoms with Gasteiger partial charge in [0.1, 0.15) is 10.6 Å². The van der Waals surface area contributed by atoms with Crippen LogP contribution in [0, 0.1) is 6.92 Å². The summed E-state index contributed by atoms with van der Waals surface area (Å²) in [7, 11) is 0. The van der Waals surface area contributed by atoms with Gasteiger partial charge < -0.3 is 9.63 Å². The molecular formula is C10H7F2NO3S. The van der Waals surface area contributed by atoms with Crippen molar-refractivity contribution in [2.45, 2.75) is 13.3 Å². The van der Waals surface area contributed by atoms with E-state index in [9.17, 15) is 13.6 Å². The highest BCUT2D eigenvalue weighted by molar-refractivity contribution is 7.12. The van der Waals surface area contributed by atoms with Crippen LogP contribution >= 0.6 is 11.3 Å². The van der Waals surface area contributed by atoms with Crippen molar-refractivity contribution in [1.29, 1.82) is 0 Å². The summed E-state index contributed by atoms with van der Waals surface area (Å²) < 4.78 is 29.5. The largest absolute Gasteiger partial charge is 0.477 e. The Morgan fingerprint density at radius 3 is 2.82 bits per heavy atom. The van der Waals surface area contributed by atoms with E-state index in [1.165, 1.54) is 13.0 Å². The fourth-order valence-corrected chi connectivity index (χ4v) is 2.20. The molecule has 7 heteroatoms. The minimum absolute atomic E-state index is 0.0576. The zero-order valence-corrected chi connectivity index (χ0v) is 9.42. The number of halogens is 2. The van der Waals surface area contributed by atoms with Gasteiger partial charge in [-0.2, -0.15) is 0 Å². The molecule has 0 amide bonds. The monoisotopic (exact) mass is 259 g/mol. The van der Waals surface area contributed by atoms with Gasteiger partial charge in [0.25, 0.3) is 6.43 Å². The van der Waals surface area contributed by atoms with Gasteiger partial charge in [0.15, 0.2) is 0 Å². The van der Waals surface area contributed by atoms with Gasteiger partial charge in [0.05, 0.1) is 0 Å². The van der Waals surface area contributed by atoms with Crippen molar-refractivity contribution in [3.63, 3.8) is 0 Å². The molecule has 1 N–H and O–H groups in total. The molecule has 0 spiro atoms. The van der Waals surface area contributed by atoms with Crippen molar-refractivity contribution in [1.82, 2.24) is 5.16 Å². The zero-order chi connectivity index (χ0) is 12.6. The van der Waals surface area contributed by atoms with Gasteiger partial charge in [0.2, 0.25) is 5.76 Å². The Bertz CT molecular complexity index is 562. The molecule has 4 nitrogen and oxygen atoms in total. The third kappa shape index (κ3) is 1.93. The smallest absolute Gasteiger partial charge is 0.346 e. The molecule has 2 aromatic rings. The lowest BCUT2D eigenvalue weighted by Crippen LogP contribution is -1.95. The number of hydrogen-bond donors (Lipinski definition) is 1. The number of alkyl halides is 2. The van der Waals surface area contributed by atoms with Gasteiger partial charge in [-0.1, -0.05) is 5.16 Å². The highest BCUT2D eigenvalue weighted by atomic mass is 32.1. The van der Waals surface area contributed by atoms with Crippen molar-refractivity contribution in [2.24, 2.45) is 0 Å². The van der Waals surface area contributed by atoms with E-state index in [0.29, 0.717) is 5.56 Å². The lowest BCUT2D eigenvalue weighted by Gasteiger charge is -1.97. The topological polar surface area (TPSA) is 63.3 Å². The van der Waals surface area contributed by atoms with Gasteiger partial charge in [-0.25, -0.2) is 13.6 Å². The molecule has 0 aliphatic heterocycles. The van der Waals surface area contributed by atoms with Crippen molar-refractivity contribution in [2.75, 3.05) is 0 Å². The predicted molar refractivity (Wildman–Crippen MR) is 56.5 cm³/mol. The van der Waals surface area contributed by atoms with E-state index in [2.05, 4.69) is 9.68 Å². The summed E-state index contributed by atoms with van der Waals surface area (Å²) in [4.78, 5) is 11.0. The number of aromatic carboxylic acids is 1. The summed E-state index contributed by atoms with van der Waals surface area (Å²) in [5, 5.41) is 14.0. The van der Waals surface area contributed by atoms with Crippen LogP contribution in [0.25, 0.3) is 11.3 Å². The van der Waals surface area contributed by atoms with E-state index in [1.54, 1.807) is 5.38 Å². The normalized spacial score (nSPS) is 11.1. The first-order chi connectivity index (χ1) is 8.02. The highest BCUT2D eigenvalue weighted by Crippen LogP contribution is 2.34. The first-order valence-electron chi connectivity index (χ1n) is 4.57. The number of carbonyl (C=O) groups is 1. The highest BCUT2D eigenvalue weighted by Gasteiger charge is 2.24. The molecule has 0 aromatic carbocycles. The Morgan fingerprint density at radius 1 is 1.59 bits per heavy atom. The van der Waals surface area contributed by atoms with Gasteiger partial charge in [-0.3, -0.25) is 0 Å². The Morgan fingerprint density at radius 2 is 2.29 bits per heavy atom. The summed E-state index contributed by atoms with van der Waals surface area (Å²) in [6.45, 7) is 1.43. The lowest BCUT2D eigenvalue weighted by atomic mass is 10.1. The summed E-state index contributed by atoms with van der Waals surface area (Å²) in [6.07, 6.45) is -2.76. The summed E-state index contributed by atoms with van der Waals surface area (Å²) in [6, 6.07) is 1.52. The Hall–Kier alpha value is -1.76. The van der Waals surface area contributed by atoms with Gasteiger partial charge in [-0.15, -0.1) is 11.3 Å². The molecule has 0 aliphatic rings. The molecule has 2 aromatic heterocycles. The minimum Gasteiger partial charge on any atom is -0.477 e. The van der Waals surface area contributed by atoms with Crippen molar-refractivity contribution in [3.05, 3.63) is 27.6 Å². The maximum absolute atomic E-state index is 12.5. The van der Waals surface area contributed by atoms with Gasteiger partial charge in [-0.05, 0) is 18.4 Å². The number of nitrogens with zero attached hydrogens (tertiary/aromatic N) is 1. The molecule has 2 rings (SSSR count). The van der Waals surface area contributed by atoms with E-state index >= 15 is 0 Å².